The largest absolute Gasteiger partial charge is 0.462 e. The number of hydrogen-bond donors (Lipinski definition) is 0. The molecule has 0 bridgehead atoms. The molecule has 0 N–H and O–H groups in total. The number of rotatable bonds is 14. The minimum Gasteiger partial charge on any atom is -0.462 e. The Labute approximate surface area is 126 Å². The third-order valence-electron chi connectivity index (χ3n) is 3.77. The van der Waals surface area contributed by atoms with Gasteiger partial charge in [-0.15, -0.1) is 0 Å². The van der Waals surface area contributed by atoms with Gasteiger partial charge in [0.05, 0.1) is 0 Å². The maximum atomic E-state index is 11.8. The number of carbonyl (C=O) groups excluding carboxylic acids is 1. The van der Waals surface area contributed by atoms with Crippen LogP contribution in [0, 0.1) is 0 Å². The van der Waals surface area contributed by atoms with Crippen molar-refractivity contribution in [1.29, 1.82) is 0 Å². The SMILES string of the molecule is CCCCCCCCCC(=O)OC(CCC)CCCC. The van der Waals surface area contributed by atoms with E-state index < -0.39 is 0 Å². The molecule has 0 aliphatic rings. The van der Waals surface area contributed by atoms with Gasteiger partial charge < -0.3 is 4.74 Å². The zero-order valence-electron chi connectivity index (χ0n) is 14.1. The standard InChI is InChI=1S/C18H36O2/c1-4-7-9-10-11-12-13-16-18(19)20-17(14-6-3)15-8-5-2/h17H,4-16H2,1-3H3. The van der Waals surface area contributed by atoms with Gasteiger partial charge in [-0.05, 0) is 19.3 Å². The molecule has 0 aliphatic heterocycles. The predicted octanol–water partition coefficient (Wildman–Crippen LogP) is 6.03. The van der Waals surface area contributed by atoms with Crippen LogP contribution in [0.3, 0.4) is 0 Å². The van der Waals surface area contributed by atoms with Crippen molar-refractivity contribution in [3.05, 3.63) is 0 Å². The molecule has 0 aliphatic carbocycles. The van der Waals surface area contributed by atoms with Crippen LogP contribution in [-0.2, 0) is 9.53 Å². The number of esters is 1. The summed E-state index contributed by atoms with van der Waals surface area (Å²) in [6, 6.07) is 0. The van der Waals surface area contributed by atoms with Crippen LogP contribution in [0.1, 0.15) is 104 Å². The Balaban J connectivity index is 3.58. The van der Waals surface area contributed by atoms with Gasteiger partial charge in [0.15, 0.2) is 0 Å². The zero-order valence-corrected chi connectivity index (χ0v) is 14.1. The molecule has 0 aromatic heterocycles. The summed E-state index contributed by atoms with van der Waals surface area (Å²) in [5.74, 6) is 0.0214. The second kappa shape index (κ2) is 14.9. The minimum atomic E-state index is 0.0214. The Morgan fingerprint density at radius 3 is 1.95 bits per heavy atom. The van der Waals surface area contributed by atoms with Crippen molar-refractivity contribution < 1.29 is 9.53 Å². The van der Waals surface area contributed by atoms with E-state index >= 15 is 0 Å². The number of ether oxygens (including phenoxy) is 1. The van der Waals surface area contributed by atoms with E-state index in [-0.39, 0.29) is 12.1 Å². The van der Waals surface area contributed by atoms with Crippen LogP contribution in [0.4, 0.5) is 0 Å². The first kappa shape index (κ1) is 19.5. The van der Waals surface area contributed by atoms with E-state index in [1.165, 1.54) is 44.9 Å². The highest BCUT2D eigenvalue weighted by Crippen LogP contribution is 2.14. The Morgan fingerprint density at radius 2 is 1.35 bits per heavy atom. The van der Waals surface area contributed by atoms with Gasteiger partial charge in [-0.1, -0.05) is 78.6 Å². The maximum Gasteiger partial charge on any atom is 0.306 e. The summed E-state index contributed by atoms with van der Waals surface area (Å²) in [6.07, 6.45) is 15.0. The van der Waals surface area contributed by atoms with E-state index in [2.05, 4.69) is 20.8 Å². The summed E-state index contributed by atoms with van der Waals surface area (Å²) in [7, 11) is 0. The quantitative estimate of drug-likeness (QED) is 0.287. The molecule has 120 valence electrons. The summed E-state index contributed by atoms with van der Waals surface area (Å²) < 4.78 is 5.60. The van der Waals surface area contributed by atoms with Gasteiger partial charge >= 0.3 is 5.97 Å². The zero-order chi connectivity index (χ0) is 15.1. The number of hydrogen-bond acceptors (Lipinski definition) is 2. The molecule has 1 unspecified atom stereocenters. The number of carbonyl (C=O) groups is 1. The third-order valence-corrected chi connectivity index (χ3v) is 3.77. The fraction of sp³-hybridized carbons (Fsp3) is 0.944. The summed E-state index contributed by atoms with van der Waals surface area (Å²) in [6.45, 7) is 6.58. The van der Waals surface area contributed by atoms with Crippen LogP contribution >= 0.6 is 0 Å². The van der Waals surface area contributed by atoms with Crippen molar-refractivity contribution in [2.45, 2.75) is 110 Å². The average Bonchev–Trinajstić information content (AvgIpc) is 2.44. The molecule has 0 fully saturated rings. The normalized spacial score (nSPS) is 12.3. The van der Waals surface area contributed by atoms with Crippen LogP contribution in [0.2, 0.25) is 0 Å². The highest BCUT2D eigenvalue weighted by atomic mass is 16.5. The fourth-order valence-corrected chi connectivity index (χ4v) is 2.49. The van der Waals surface area contributed by atoms with E-state index in [0.717, 1.165) is 32.1 Å². The third kappa shape index (κ3) is 12.5. The predicted molar refractivity (Wildman–Crippen MR) is 86.9 cm³/mol. The Kier molecular flexibility index (Phi) is 14.5. The Hall–Kier alpha value is -0.530. The molecule has 0 amide bonds. The molecule has 20 heavy (non-hydrogen) atoms. The molecule has 1 atom stereocenters. The van der Waals surface area contributed by atoms with Crippen molar-refractivity contribution in [3.63, 3.8) is 0 Å². The summed E-state index contributed by atoms with van der Waals surface area (Å²) in [5.41, 5.74) is 0. The number of unbranched alkanes of at least 4 members (excludes halogenated alkanes) is 7. The molecule has 0 aromatic carbocycles. The monoisotopic (exact) mass is 284 g/mol. The van der Waals surface area contributed by atoms with Crippen LogP contribution in [-0.4, -0.2) is 12.1 Å². The Bertz CT molecular complexity index is 213. The Morgan fingerprint density at radius 1 is 0.750 bits per heavy atom. The molecule has 0 rings (SSSR count). The average molecular weight is 284 g/mol. The molecule has 0 saturated heterocycles. The van der Waals surface area contributed by atoms with Gasteiger partial charge in [-0.3, -0.25) is 4.79 Å². The molecular weight excluding hydrogens is 248 g/mol. The van der Waals surface area contributed by atoms with Crippen LogP contribution in [0.5, 0.6) is 0 Å². The van der Waals surface area contributed by atoms with Crippen LogP contribution in [0.15, 0.2) is 0 Å². The van der Waals surface area contributed by atoms with E-state index in [4.69, 9.17) is 4.74 Å². The van der Waals surface area contributed by atoms with Crippen LogP contribution in [0.25, 0.3) is 0 Å². The van der Waals surface area contributed by atoms with Gasteiger partial charge in [0.2, 0.25) is 0 Å². The van der Waals surface area contributed by atoms with Gasteiger partial charge in [0.25, 0.3) is 0 Å². The van der Waals surface area contributed by atoms with E-state index in [9.17, 15) is 4.79 Å². The van der Waals surface area contributed by atoms with E-state index in [0.29, 0.717) is 6.42 Å². The molecule has 0 heterocycles. The van der Waals surface area contributed by atoms with Crippen molar-refractivity contribution in [1.82, 2.24) is 0 Å². The maximum absolute atomic E-state index is 11.8. The van der Waals surface area contributed by atoms with Crippen molar-refractivity contribution in [2.24, 2.45) is 0 Å². The van der Waals surface area contributed by atoms with E-state index in [1.807, 2.05) is 0 Å². The fourth-order valence-electron chi connectivity index (χ4n) is 2.49. The smallest absolute Gasteiger partial charge is 0.306 e. The lowest BCUT2D eigenvalue weighted by Crippen LogP contribution is -2.18. The lowest BCUT2D eigenvalue weighted by molar-refractivity contribution is -0.150. The van der Waals surface area contributed by atoms with Gasteiger partial charge in [0, 0.05) is 6.42 Å². The molecule has 2 heteroatoms. The van der Waals surface area contributed by atoms with Gasteiger partial charge in [-0.2, -0.15) is 0 Å². The van der Waals surface area contributed by atoms with Crippen molar-refractivity contribution >= 4 is 5.97 Å². The molecule has 0 aromatic rings. The van der Waals surface area contributed by atoms with Crippen molar-refractivity contribution in [2.75, 3.05) is 0 Å². The van der Waals surface area contributed by atoms with Crippen molar-refractivity contribution in [3.8, 4) is 0 Å². The van der Waals surface area contributed by atoms with E-state index in [1.54, 1.807) is 0 Å². The van der Waals surface area contributed by atoms with Gasteiger partial charge in [0.1, 0.15) is 6.10 Å². The second-order valence-corrected chi connectivity index (χ2v) is 5.91. The minimum absolute atomic E-state index is 0.0214. The summed E-state index contributed by atoms with van der Waals surface area (Å²) >= 11 is 0. The summed E-state index contributed by atoms with van der Waals surface area (Å²) in [5, 5.41) is 0. The van der Waals surface area contributed by atoms with Crippen LogP contribution < -0.4 is 0 Å². The molecule has 0 spiro atoms. The lowest BCUT2D eigenvalue weighted by atomic mass is 10.1. The first-order valence-corrected chi connectivity index (χ1v) is 8.94. The molecule has 0 saturated carbocycles. The molecule has 2 nitrogen and oxygen atoms in total. The molecular formula is C18H36O2. The first-order valence-electron chi connectivity index (χ1n) is 8.94. The second-order valence-electron chi connectivity index (χ2n) is 5.91. The molecule has 0 radical (unpaired) electrons. The topological polar surface area (TPSA) is 26.3 Å². The lowest BCUT2D eigenvalue weighted by Gasteiger charge is -2.17. The highest BCUT2D eigenvalue weighted by Gasteiger charge is 2.12. The van der Waals surface area contributed by atoms with Gasteiger partial charge in [-0.25, -0.2) is 0 Å². The first-order chi connectivity index (χ1) is 9.74. The highest BCUT2D eigenvalue weighted by molar-refractivity contribution is 5.69. The summed E-state index contributed by atoms with van der Waals surface area (Å²) in [4.78, 5) is 11.8.